The number of aliphatic hydroxyl groups is 1. The Labute approximate surface area is 77.7 Å². The average molecular weight is 188 g/mol. The topological polar surface area (TPSA) is 29.5 Å². The summed E-state index contributed by atoms with van der Waals surface area (Å²) in [6.07, 6.45) is 2.33. The molecule has 2 nitrogen and oxygen atoms in total. The fourth-order valence-electron chi connectivity index (χ4n) is 2.01. The highest BCUT2D eigenvalue weighted by atomic mass is 32.2. The van der Waals surface area contributed by atoms with Gasteiger partial charge in [-0.05, 0) is 30.4 Å². The molecule has 2 aliphatic heterocycles. The molecule has 0 aromatic heterocycles. The molecule has 3 heteroatoms. The molecule has 0 bridgehead atoms. The quantitative estimate of drug-likeness (QED) is 0.704. The summed E-state index contributed by atoms with van der Waals surface area (Å²) in [6, 6.07) is 0. The Morgan fingerprint density at radius 1 is 1.42 bits per heavy atom. The van der Waals surface area contributed by atoms with Gasteiger partial charge in [0.15, 0.2) is 0 Å². The third-order valence-electron chi connectivity index (χ3n) is 2.82. The van der Waals surface area contributed by atoms with Crippen LogP contribution < -0.4 is 0 Å². The van der Waals surface area contributed by atoms with Gasteiger partial charge >= 0.3 is 0 Å². The van der Waals surface area contributed by atoms with Gasteiger partial charge in [0.05, 0.1) is 6.10 Å². The predicted octanol–water partition coefficient (Wildman–Crippen LogP) is 1.14. The second kappa shape index (κ2) is 3.99. The van der Waals surface area contributed by atoms with Crippen molar-refractivity contribution in [3.8, 4) is 0 Å². The van der Waals surface area contributed by atoms with Crippen LogP contribution in [-0.2, 0) is 4.74 Å². The summed E-state index contributed by atoms with van der Waals surface area (Å²) < 4.78 is 5.31. The molecule has 3 atom stereocenters. The van der Waals surface area contributed by atoms with E-state index in [1.54, 1.807) is 0 Å². The van der Waals surface area contributed by atoms with Crippen molar-refractivity contribution in [2.75, 3.05) is 24.7 Å². The van der Waals surface area contributed by atoms with E-state index in [0.29, 0.717) is 5.92 Å². The van der Waals surface area contributed by atoms with Gasteiger partial charge in [0, 0.05) is 19.0 Å². The van der Waals surface area contributed by atoms with Crippen molar-refractivity contribution < 1.29 is 9.84 Å². The van der Waals surface area contributed by atoms with Crippen LogP contribution in [0.15, 0.2) is 0 Å². The molecule has 2 aliphatic rings. The van der Waals surface area contributed by atoms with Crippen LogP contribution in [0.4, 0.5) is 0 Å². The summed E-state index contributed by atoms with van der Waals surface area (Å²) in [7, 11) is 0. The van der Waals surface area contributed by atoms with Crippen LogP contribution in [-0.4, -0.2) is 35.9 Å². The molecule has 0 aromatic carbocycles. The zero-order valence-corrected chi connectivity index (χ0v) is 8.05. The normalized spacial score (nSPS) is 42.2. The molecule has 0 amide bonds. The molecule has 0 aliphatic carbocycles. The van der Waals surface area contributed by atoms with Gasteiger partial charge in [-0.2, -0.15) is 11.8 Å². The van der Waals surface area contributed by atoms with Gasteiger partial charge in [0.25, 0.3) is 0 Å². The van der Waals surface area contributed by atoms with Crippen LogP contribution in [0.3, 0.4) is 0 Å². The second-order valence-corrected chi connectivity index (χ2v) is 4.91. The third-order valence-corrected chi connectivity index (χ3v) is 4.07. The Morgan fingerprint density at radius 2 is 2.33 bits per heavy atom. The second-order valence-electron chi connectivity index (χ2n) is 3.83. The molecule has 1 N–H and O–H groups in total. The molecule has 2 heterocycles. The number of rotatable bonds is 2. The SMILES string of the molecule is OC1CSCC1CC1CCOC1. The summed E-state index contributed by atoms with van der Waals surface area (Å²) in [6.45, 7) is 1.86. The summed E-state index contributed by atoms with van der Waals surface area (Å²) >= 11 is 1.88. The Kier molecular flexibility index (Phi) is 2.94. The highest BCUT2D eigenvalue weighted by Crippen LogP contribution is 2.31. The van der Waals surface area contributed by atoms with E-state index in [1.807, 2.05) is 11.8 Å². The minimum Gasteiger partial charge on any atom is -0.392 e. The van der Waals surface area contributed by atoms with Gasteiger partial charge in [-0.25, -0.2) is 0 Å². The Morgan fingerprint density at radius 3 is 2.92 bits per heavy atom. The third kappa shape index (κ3) is 1.95. The lowest BCUT2D eigenvalue weighted by atomic mass is 9.92. The van der Waals surface area contributed by atoms with E-state index in [0.717, 1.165) is 30.6 Å². The average Bonchev–Trinajstić information content (AvgIpc) is 2.65. The van der Waals surface area contributed by atoms with Crippen molar-refractivity contribution in [1.82, 2.24) is 0 Å². The minimum absolute atomic E-state index is 0.0457. The molecule has 0 radical (unpaired) electrons. The first kappa shape index (κ1) is 8.85. The summed E-state index contributed by atoms with van der Waals surface area (Å²) in [5, 5.41) is 9.59. The maximum absolute atomic E-state index is 9.59. The van der Waals surface area contributed by atoms with Gasteiger partial charge in [-0.1, -0.05) is 0 Å². The maximum Gasteiger partial charge on any atom is 0.0666 e. The van der Waals surface area contributed by atoms with Crippen molar-refractivity contribution in [3.63, 3.8) is 0 Å². The van der Waals surface area contributed by atoms with Crippen molar-refractivity contribution in [2.45, 2.75) is 18.9 Å². The van der Waals surface area contributed by atoms with E-state index >= 15 is 0 Å². The molecule has 0 spiro atoms. The lowest BCUT2D eigenvalue weighted by Gasteiger charge is -2.16. The highest BCUT2D eigenvalue weighted by Gasteiger charge is 2.29. The van der Waals surface area contributed by atoms with Crippen molar-refractivity contribution in [2.24, 2.45) is 11.8 Å². The van der Waals surface area contributed by atoms with E-state index < -0.39 is 0 Å². The molecule has 70 valence electrons. The standard InChI is InChI=1S/C9H16O2S/c10-9-6-12-5-8(9)3-7-1-2-11-4-7/h7-10H,1-6H2. The number of ether oxygens (including phenoxy) is 1. The molecule has 3 unspecified atom stereocenters. The smallest absolute Gasteiger partial charge is 0.0666 e. The number of hydrogen-bond donors (Lipinski definition) is 1. The van der Waals surface area contributed by atoms with E-state index in [2.05, 4.69) is 0 Å². The lowest BCUT2D eigenvalue weighted by Crippen LogP contribution is -2.21. The van der Waals surface area contributed by atoms with E-state index in [-0.39, 0.29) is 6.10 Å². The fraction of sp³-hybridized carbons (Fsp3) is 1.00. The first-order valence-corrected chi connectivity index (χ1v) is 5.85. The zero-order valence-electron chi connectivity index (χ0n) is 7.24. The van der Waals surface area contributed by atoms with E-state index in [4.69, 9.17) is 4.74 Å². The predicted molar refractivity (Wildman–Crippen MR) is 50.4 cm³/mol. The Balaban J connectivity index is 1.77. The van der Waals surface area contributed by atoms with Crippen LogP contribution in [0.25, 0.3) is 0 Å². The molecule has 0 saturated carbocycles. The van der Waals surface area contributed by atoms with Gasteiger partial charge < -0.3 is 9.84 Å². The van der Waals surface area contributed by atoms with E-state index in [9.17, 15) is 5.11 Å². The molecule has 2 fully saturated rings. The first-order valence-electron chi connectivity index (χ1n) is 4.70. The molecule has 2 saturated heterocycles. The van der Waals surface area contributed by atoms with Crippen LogP contribution in [0, 0.1) is 11.8 Å². The minimum atomic E-state index is -0.0457. The molecule has 12 heavy (non-hydrogen) atoms. The van der Waals surface area contributed by atoms with E-state index in [1.165, 1.54) is 12.8 Å². The monoisotopic (exact) mass is 188 g/mol. The molecule has 0 aromatic rings. The lowest BCUT2D eigenvalue weighted by molar-refractivity contribution is 0.126. The van der Waals surface area contributed by atoms with Crippen LogP contribution >= 0.6 is 11.8 Å². The number of thioether (sulfide) groups is 1. The Hall–Kier alpha value is 0.270. The largest absolute Gasteiger partial charge is 0.392 e. The van der Waals surface area contributed by atoms with Crippen molar-refractivity contribution in [1.29, 1.82) is 0 Å². The summed E-state index contributed by atoms with van der Waals surface area (Å²) in [5.41, 5.74) is 0. The Bertz CT molecular complexity index is 145. The summed E-state index contributed by atoms with van der Waals surface area (Å²) in [5.74, 6) is 3.36. The van der Waals surface area contributed by atoms with Crippen LogP contribution in [0.5, 0.6) is 0 Å². The van der Waals surface area contributed by atoms with Crippen LogP contribution in [0.2, 0.25) is 0 Å². The molecule has 2 rings (SSSR count). The van der Waals surface area contributed by atoms with Gasteiger partial charge in [-0.3, -0.25) is 0 Å². The number of hydrogen-bond acceptors (Lipinski definition) is 3. The van der Waals surface area contributed by atoms with Gasteiger partial charge in [0.1, 0.15) is 0 Å². The molecular formula is C9H16O2S. The molecular weight excluding hydrogens is 172 g/mol. The van der Waals surface area contributed by atoms with Crippen LogP contribution in [0.1, 0.15) is 12.8 Å². The van der Waals surface area contributed by atoms with Gasteiger partial charge in [-0.15, -0.1) is 0 Å². The zero-order chi connectivity index (χ0) is 8.39. The van der Waals surface area contributed by atoms with Crippen molar-refractivity contribution in [3.05, 3.63) is 0 Å². The van der Waals surface area contributed by atoms with Gasteiger partial charge in [0.2, 0.25) is 0 Å². The van der Waals surface area contributed by atoms with Crippen molar-refractivity contribution >= 4 is 11.8 Å². The highest BCUT2D eigenvalue weighted by molar-refractivity contribution is 7.99. The summed E-state index contributed by atoms with van der Waals surface area (Å²) in [4.78, 5) is 0. The first-order chi connectivity index (χ1) is 5.86. The fourth-order valence-corrected chi connectivity index (χ4v) is 3.32. The maximum atomic E-state index is 9.59. The number of aliphatic hydroxyl groups excluding tert-OH is 1.